The molecule has 3 nitrogen and oxygen atoms in total. The number of hydrogen-bond donors (Lipinski definition) is 1. The highest BCUT2D eigenvalue weighted by molar-refractivity contribution is 5.92. The highest BCUT2D eigenvalue weighted by Gasteiger charge is 2.31. The Kier molecular flexibility index (Phi) is 4.77. The van der Waals surface area contributed by atoms with E-state index in [2.05, 4.69) is 10.2 Å². The minimum absolute atomic E-state index is 0.114. The van der Waals surface area contributed by atoms with E-state index in [1.165, 1.54) is 38.2 Å². The van der Waals surface area contributed by atoms with E-state index in [1.54, 1.807) is 6.07 Å². The number of halogens is 1. The Bertz CT molecular complexity index is 546. The molecule has 1 aromatic carbocycles. The first-order valence-corrected chi connectivity index (χ1v) is 8.40. The Morgan fingerprint density at radius 3 is 2.82 bits per heavy atom. The van der Waals surface area contributed by atoms with Crippen molar-refractivity contribution < 1.29 is 9.18 Å². The fourth-order valence-electron chi connectivity index (χ4n) is 3.93. The summed E-state index contributed by atoms with van der Waals surface area (Å²) in [6, 6.07) is 4.89. The van der Waals surface area contributed by atoms with Crippen molar-refractivity contribution >= 4 is 11.6 Å². The largest absolute Gasteiger partial charge is 0.322 e. The topological polar surface area (TPSA) is 32.3 Å². The zero-order valence-corrected chi connectivity index (χ0v) is 13.3. The fourth-order valence-corrected chi connectivity index (χ4v) is 3.93. The van der Waals surface area contributed by atoms with Gasteiger partial charge >= 0.3 is 0 Å². The van der Waals surface area contributed by atoms with Gasteiger partial charge < -0.3 is 5.32 Å². The number of fused-ring (bicyclic) bond motifs is 1. The second kappa shape index (κ2) is 6.78. The molecule has 22 heavy (non-hydrogen) atoms. The summed E-state index contributed by atoms with van der Waals surface area (Å²) in [4.78, 5) is 14.4. The maximum absolute atomic E-state index is 13.8. The van der Waals surface area contributed by atoms with Gasteiger partial charge in [-0.05, 0) is 55.8 Å². The zero-order valence-electron chi connectivity index (χ0n) is 13.3. The second-order valence-corrected chi connectivity index (χ2v) is 6.86. The lowest BCUT2D eigenvalue weighted by Gasteiger charge is -2.41. The number of aryl methyl sites for hydroxylation is 1. The number of likely N-dealkylation sites (tertiary alicyclic amines) is 1. The Balaban J connectivity index is 1.53. The summed E-state index contributed by atoms with van der Waals surface area (Å²) in [7, 11) is 0. The molecule has 2 fully saturated rings. The molecule has 4 heteroatoms. The first kappa shape index (κ1) is 15.5. The molecule has 2 aliphatic rings. The monoisotopic (exact) mass is 304 g/mol. The first-order valence-electron chi connectivity index (χ1n) is 8.40. The minimum Gasteiger partial charge on any atom is -0.322 e. The SMILES string of the molecule is Cc1ccc(NC(=O)CN2CC[C@H]3CCCC[C@@H]3C2)c(F)c1. The van der Waals surface area contributed by atoms with Crippen molar-refractivity contribution in [1.82, 2.24) is 4.90 Å². The Hall–Kier alpha value is -1.42. The average molecular weight is 304 g/mol. The maximum Gasteiger partial charge on any atom is 0.238 e. The molecule has 3 rings (SSSR count). The van der Waals surface area contributed by atoms with Gasteiger partial charge in [0.15, 0.2) is 0 Å². The van der Waals surface area contributed by atoms with Gasteiger partial charge in [-0.15, -0.1) is 0 Å². The lowest BCUT2D eigenvalue weighted by molar-refractivity contribution is -0.118. The number of anilines is 1. The summed E-state index contributed by atoms with van der Waals surface area (Å²) in [6.45, 7) is 4.22. The van der Waals surface area contributed by atoms with Gasteiger partial charge in [-0.1, -0.05) is 25.3 Å². The molecule has 0 unspecified atom stereocenters. The average Bonchev–Trinajstić information content (AvgIpc) is 2.50. The van der Waals surface area contributed by atoms with E-state index in [-0.39, 0.29) is 17.4 Å². The Labute approximate surface area is 131 Å². The third kappa shape index (κ3) is 3.67. The van der Waals surface area contributed by atoms with Crippen molar-refractivity contribution in [1.29, 1.82) is 0 Å². The molecular weight excluding hydrogens is 279 g/mol. The van der Waals surface area contributed by atoms with Gasteiger partial charge in [0.2, 0.25) is 5.91 Å². The first-order chi connectivity index (χ1) is 10.6. The molecule has 0 spiro atoms. The predicted octanol–water partition coefficient (Wildman–Crippen LogP) is 3.58. The molecule has 1 aliphatic carbocycles. The van der Waals surface area contributed by atoms with Crippen LogP contribution in [0, 0.1) is 24.6 Å². The molecule has 2 atom stereocenters. The summed E-state index contributed by atoms with van der Waals surface area (Å²) in [5, 5.41) is 2.70. The molecule has 1 N–H and O–H groups in total. The molecule has 1 aliphatic heterocycles. The van der Waals surface area contributed by atoms with Gasteiger partial charge in [-0.3, -0.25) is 9.69 Å². The highest BCUT2D eigenvalue weighted by atomic mass is 19.1. The number of amides is 1. The number of carbonyl (C=O) groups excluding carboxylic acids is 1. The van der Waals surface area contributed by atoms with Gasteiger partial charge in [0.1, 0.15) is 5.82 Å². The van der Waals surface area contributed by atoms with E-state index in [0.717, 1.165) is 30.5 Å². The van der Waals surface area contributed by atoms with Gasteiger partial charge in [0.25, 0.3) is 0 Å². The predicted molar refractivity (Wildman–Crippen MR) is 86.3 cm³/mol. The van der Waals surface area contributed by atoms with Gasteiger partial charge in [0.05, 0.1) is 12.2 Å². The zero-order chi connectivity index (χ0) is 15.5. The van der Waals surface area contributed by atoms with E-state index in [0.29, 0.717) is 6.54 Å². The molecule has 0 radical (unpaired) electrons. The van der Waals surface area contributed by atoms with Gasteiger partial charge in [-0.2, -0.15) is 0 Å². The van der Waals surface area contributed by atoms with Crippen molar-refractivity contribution in [2.75, 3.05) is 25.0 Å². The summed E-state index contributed by atoms with van der Waals surface area (Å²) in [5.74, 6) is 1.14. The number of carbonyl (C=O) groups is 1. The smallest absolute Gasteiger partial charge is 0.238 e. The van der Waals surface area contributed by atoms with Crippen LogP contribution < -0.4 is 5.32 Å². The molecule has 1 saturated carbocycles. The van der Waals surface area contributed by atoms with Crippen LogP contribution in [0.2, 0.25) is 0 Å². The number of hydrogen-bond acceptors (Lipinski definition) is 2. The Morgan fingerprint density at radius 2 is 2.05 bits per heavy atom. The van der Waals surface area contributed by atoms with E-state index in [1.807, 2.05) is 13.0 Å². The quantitative estimate of drug-likeness (QED) is 0.925. The van der Waals surface area contributed by atoms with Crippen molar-refractivity contribution in [3.8, 4) is 0 Å². The van der Waals surface area contributed by atoms with E-state index >= 15 is 0 Å². The van der Waals surface area contributed by atoms with Gasteiger partial charge in [-0.25, -0.2) is 4.39 Å². The standard InChI is InChI=1S/C18H25FN2O/c1-13-6-7-17(16(19)10-13)20-18(22)12-21-9-8-14-4-2-3-5-15(14)11-21/h6-7,10,14-15H,2-5,8-9,11-12H2,1H3,(H,20,22)/t14-,15-/m1/s1. The summed E-state index contributed by atoms with van der Waals surface area (Å²) < 4.78 is 13.8. The van der Waals surface area contributed by atoms with Crippen molar-refractivity contribution in [2.45, 2.75) is 39.0 Å². The normalized spacial score (nSPS) is 25.5. The van der Waals surface area contributed by atoms with Crippen molar-refractivity contribution in [3.05, 3.63) is 29.6 Å². The van der Waals surface area contributed by atoms with Crippen LogP contribution in [-0.2, 0) is 4.79 Å². The van der Waals surface area contributed by atoms with Crippen LogP contribution >= 0.6 is 0 Å². The second-order valence-electron chi connectivity index (χ2n) is 6.86. The van der Waals surface area contributed by atoms with E-state index in [9.17, 15) is 9.18 Å². The van der Waals surface area contributed by atoms with Crippen molar-refractivity contribution in [3.63, 3.8) is 0 Å². The number of piperidine rings is 1. The fraction of sp³-hybridized carbons (Fsp3) is 0.611. The molecule has 1 aromatic rings. The third-order valence-corrected chi connectivity index (χ3v) is 5.14. The van der Waals surface area contributed by atoms with Crippen LogP contribution in [0.25, 0.3) is 0 Å². The van der Waals surface area contributed by atoms with Crippen LogP contribution in [0.15, 0.2) is 18.2 Å². The number of benzene rings is 1. The van der Waals surface area contributed by atoms with Crippen LogP contribution in [0.1, 0.15) is 37.7 Å². The molecule has 1 saturated heterocycles. The molecule has 0 bridgehead atoms. The third-order valence-electron chi connectivity index (χ3n) is 5.14. The maximum atomic E-state index is 13.8. The Morgan fingerprint density at radius 1 is 1.27 bits per heavy atom. The van der Waals surface area contributed by atoms with E-state index < -0.39 is 0 Å². The van der Waals surface area contributed by atoms with Crippen LogP contribution in [0.3, 0.4) is 0 Å². The summed E-state index contributed by atoms with van der Waals surface area (Å²) in [5.41, 5.74) is 1.14. The van der Waals surface area contributed by atoms with Crippen LogP contribution in [0.4, 0.5) is 10.1 Å². The molecule has 0 aromatic heterocycles. The number of nitrogens with zero attached hydrogens (tertiary/aromatic N) is 1. The van der Waals surface area contributed by atoms with E-state index in [4.69, 9.17) is 0 Å². The molecule has 1 heterocycles. The molecular formula is C18H25FN2O. The lowest BCUT2D eigenvalue weighted by atomic mass is 9.75. The highest BCUT2D eigenvalue weighted by Crippen LogP contribution is 2.35. The summed E-state index contributed by atoms with van der Waals surface area (Å²) >= 11 is 0. The number of nitrogens with one attached hydrogen (secondary N) is 1. The van der Waals surface area contributed by atoms with Crippen LogP contribution in [-0.4, -0.2) is 30.4 Å². The molecule has 1 amide bonds. The van der Waals surface area contributed by atoms with Crippen molar-refractivity contribution in [2.24, 2.45) is 11.8 Å². The number of rotatable bonds is 3. The minimum atomic E-state index is -0.362. The molecule has 120 valence electrons. The van der Waals surface area contributed by atoms with Gasteiger partial charge in [0, 0.05) is 6.54 Å². The van der Waals surface area contributed by atoms with Crippen LogP contribution in [0.5, 0.6) is 0 Å². The lowest BCUT2D eigenvalue weighted by Crippen LogP contribution is -2.44. The summed E-state index contributed by atoms with van der Waals surface area (Å²) in [6.07, 6.45) is 6.57.